The lowest BCUT2D eigenvalue weighted by Crippen LogP contribution is -2.55. The van der Waals surface area contributed by atoms with E-state index < -0.39 is 28.5 Å². The van der Waals surface area contributed by atoms with Crippen molar-refractivity contribution in [1.82, 2.24) is 10.2 Å². The average Bonchev–Trinajstić information content (AvgIpc) is 3.08. The highest BCUT2D eigenvalue weighted by Gasteiger charge is 2.36. The fourth-order valence-electron chi connectivity index (χ4n) is 6.26. The highest BCUT2D eigenvalue weighted by molar-refractivity contribution is 7.92. The van der Waals surface area contributed by atoms with Crippen LogP contribution in [0.3, 0.4) is 0 Å². The van der Waals surface area contributed by atoms with Gasteiger partial charge in [-0.2, -0.15) is 0 Å². The lowest BCUT2D eigenvalue weighted by atomic mass is 9.94. The van der Waals surface area contributed by atoms with Gasteiger partial charge in [0.25, 0.3) is 10.0 Å². The standard InChI is InChI=1S/C39H44ClN3O4S/c1-28-21-23-34(24-22-28)48(46,47)43(36-20-12-13-29(2)30(36)3)27-38(44)42(26-32-16-10-11-19-35(32)40)37(25-31-14-6-4-7-15-31)39(45)41-33-17-8-5-9-18-33/h4,6-7,10-16,19-24,33,37H,5,8-9,17-18,25-27H2,1-3H3,(H,41,45)/t37-/m0/s1. The smallest absolute Gasteiger partial charge is 0.264 e. The predicted molar refractivity (Wildman–Crippen MR) is 193 cm³/mol. The largest absolute Gasteiger partial charge is 0.352 e. The van der Waals surface area contributed by atoms with Gasteiger partial charge in [-0.25, -0.2) is 8.42 Å². The van der Waals surface area contributed by atoms with Crippen molar-refractivity contribution in [3.8, 4) is 0 Å². The van der Waals surface area contributed by atoms with Crippen LogP contribution in [0.25, 0.3) is 0 Å². The van der Waals surface area contributed by atoms with Crippen LogP contribution < -0.4 is 9.62 Å². The Morgan fingerprint density at radius 3 is 2.19 bits per heavy atom. The van der Waals surface area contributed by atoms with E-state index in [0.29, 0.717) is 16.3 Å². The Kier molecular flexibility index (Phi) is 11.6. The molecule has 0 bridgehead atoms. The van der Waals surface area contributed by atoms with E-state index in [4.69, 9.17) is 11.6 Å². The normalized spacial score (nSPS) is 14.2. The summed E-state index contributed by atoms with van der Waals surface area (Å²) in [5.41, 5.74) is 4.52. The van der Waals surface area contributed by atoms with Crippen LogP contribution in [0, 0.1) is 20.8 Å². The second-order valence-corrected chi connectivity index (χ2v) is 15.0. The van der Waals surface area contributed by atoms with E-state index in [-0.39, 0.29) is 29.8 Å². The molecule has 9 heteroatoms. The molecule has 1 atom stereocenters. The van der Waals surface area contributed by atoms with Crippen molar-refractivity contribution >= 4 is 39.1 Å². The summed E-state index contributed by atoms with van der Waals surface area (Å²) in [5, 5.41) is 3.70. The average molecular weight is 686 g/mol. The fraction of sp³-hybridized carbons (Fsp3) is 0.333. The number of carbonyl (C=O) groups is 2. The summed E-state index contributed by atoms with van der Waals surface area (Å²) >= 11 is 6.63. The van der Waals surface area contributed by atoms with E-state index >= 15 is 0 Å². The first-order valence-corrected chi connectivity index (χ1v) is 18.4. The molecule has 48 heavy (non-hydrogen) atoms. The van der Waals surface area contributed by atoms with Crippen LogP contribution in [-0.2, 0) is 32.6 Å². The lowest BCUT2D eigenvalue weighted by molar-refractivity contribution is -0.140. The molecular weight excluding hydrogens is 642 g/mol. The van der Waals surface area contributed by atoms with Gasteiger partial charge in [-0.05, 0) is 80.1 Å². The zero-order valence-corrected chi connectivity index (χ0v) is 29.4. The molecule has 0 aliphatic heterocycles. The van der Waals surface area contributed by atoms with Gasteiger partial charge < -0.3 is 10.2 Å². The molecule has 1 N–H and O–H groups in total. The van der Waals surface area contributed by atoms with Crippen LogP contribution in [0.2, 0.25) is 5.02 Å². The third-order valence-corrected chi connectivity index (χ3v) is 11.4. The molecule has 4 aromatic rings. The number of aryl methyl sites for hydroxylation is 2. The maximum atomic E-state index is 14.8. The first kappa shape index (κ1) is 35.2. The van der Waals surface area contributed by atoms with E-state index in [1.165, 1.54) is 9.21 Å². The summed E-state index contributed by atoms with van der Waals surface area (Å²) in [7, 11) is -4.19. The van der Waals surface area contributed by atoms with E-state index in [0.717, 1.165) is 54.4 Å². The quantitative estimate of drug-likeness (QED) is 0.167. The minimum atomic E-state index is -4.19. The Balaban J connectivity index is 1.59. The summed E-state index contributed by atoms with van der Waals surface area (Å²) < 4.78 is 30.0. The molecular formula is C39H44ClN3O4S. The maximum Gasteiger partial charge on any atom is 0.264 e. The monoisotopic (exact) mass is 685 g/mol. The first-order chi connectivity index (χ1) is 23.0. The van der Waals surface area contributed by atoms with E-state index in [9.17, 15) is 18.0 Å². The number of nitrogens with zero attached hydrogens (tertiary/aromatic N) is 2. The van der Waals surface area contributed by atoms with Crippen molar-refractivity contribution in [3.63, 3.8) is 0 Å². The number of amides is 2. The lowest BCUT2D eigenvalue weighted by Gasteiger charge is -2.35. The van der Waals surface area contributed by atoms with Gasteiger partial charge in [-0.1, -0.05) is 109 Å². The highest BCUT2D eigenvalue weighted by Crippen LogP contribution is 2.30. The highest BCUT2D eigenvalue weighted by atomic mass is 35.5. The Labute approximate surface area is 290 Å². The van der Waals surface area contributed by atoms with Gasteiger partial charge in [-0.15, -0.1) is 0 Å². The van der Waals surface area contributed by atoms with Crippen LogP contribution in [0.5, 0.6) is 0 Å². The van der Waals surface area contributed by atoms with Crippen molar-refractivity contribution in [2.45, 2.75) is 82.8 Å². The molecule has 0 saturated heterocycles. The number of hydrogen-bond donors (Lipinski definition) is 1. The number of hydrogen-bond acceptors (Lipinski definition) is 4. The first-order valence-electron chi connectivity index (χ1n) is 16.6. The molecule has 1 aliphatic carbocycles. The third kappa shape index (κ3) is 8.47. The molecule has 252 valence electrons. The molecule has 0 spiro atoms. The molecule has 1 aliphatic rings. The molecule has 0 aromatic heterocycles. The number of carbonyl (C=O) groups excluding carboxylic acids is 2. The van der Waals surface area contributed by atoms with E-state index in [2.05, 4.69) is 5.32 Å². The van der Waals surface area contributed by atoms with Gasteiger partial charge >= 0.3 is 0 Å². The number of anilines is 1. The number of sulfonamides is 1. The van der Waals surface area contributed by atoms with Crippen LogP contribution in [-0.4, -0.2) is 43.8 Å². The van der Waals surface area contributed by atoms with Crippen LogP contribution >= 0.6 is 11.6 Å². The van der Waals surface area contributed by atoms with Gasteiger partial charge in [0.1, 0.15) is 12.6 Å². The summed E-state index contributed by atoms with van der Waals surface area (Å²) in [6, 6.07) is 27.9. The van der Waals surface area contributed by atoms with Crippen LogP contribution in [0.15, 0.2) is 102 Å². The predicted octanol–water partition coefficient (Wildman–Crippen LogP) is 7.55. The second kappa shape index (κ2) is 15.8. The second-order valence-electron chi connectivity index (χ2n) is 12.7. The van der Waals surface area contributed by atoms with Crippen LogP contribution in [0.4, 0.5) is 5.69 Å². The molecule has 1 saturated carbocycles. The number of halogens is 1. The summed E-state index contributed by atoms with van der Waals surface area (Å²) in [4.78, 5) is 30.7. The molecule has 4 aromatic carbocycles. The van der Waals surface area contributed by atoms with E-state index in [1.54, 1.807) is 42.5 Å². The maximum absolute atomic E-state index is 14.8. The number of nitrogens with one attached hydrogen (secondary N) is 1. The summed E-state index contributed by atoms with van der Waals surface area (Å²) in [6.45, 7) is 5.17. The Morgan fingerprint density at radius 1 is 0.833 bits per heavy atom. The molecule has 2 amide bonds. The van der Waals surface area contributed by atoms with Gasteiger partial charge in [0.15, 0.2) is 0 Å². The van der Waals surface area contributed by atoms with Gasteiger partial charge in [0.05, 0.1) is 10.6 Å². The summed E-state index contributed by atoms with van der Waals surface area (Å²) in [6.07, 6.45) is 5.25. The Morgan fingerprint density at radius 2 is 1.50 bits per heavy atom. The molecule has 7 nitrogen and oxygen atoms in total. The van der Waals surface area contributed by atoms with Gasteiger partial charge in [-0.3, -0.25) is 13.9 Å². The van der Waals surface area contributed by atoms with Crippen LogP contribution in [0.1, 0.15) is 59.9 Å². The molecule has 0 unspecified atom stereocenters. The van der Waals surface area contributed by atoms with E-state index in [1.807, 2.05) is 75.4 Å². The number of benzene rings is 4. The molecule has 1 fully saturated rings. The Bertz CT molecular complexity index is 1820. The Hall–Kier alpha value is -4.14. The van der Waals surface area contributed by atoms with Gasteiger partial charge in [0.2, 0.25) is 11.8 Å². The van der Waals surface area contributed by atoms with Gasteiger partial charge in [0, 0.05) is 24.0 Å². The molecule has 5 rings (SSSR count). The third-order valence-electron chi connectivity index (χ3n) is 9.25. The van der Waals surface area contributed by atoms with Crippen molar-refractivity contribution in [2.75, 3.05) is 10.8 Å². The topological polar surface area (TPSA) is 86.8 Å². The SMILES string of the molecule is Cc1ccc(S(=O)(=O)N(CC(=O)N(Cc2ccccc2Cl)[C@@H](Cc2ccccc2)C(=O)NC2CCCCC2)c2cccc(C)c2C)cc1. The summed E-state index contributed by atoms with van der Waals surface area (Å²) in [5.74, 6) is -0.767. The number of rotatable bonds is 12. The van der Waals surface area contributed by atoms with Crippen molar-refractivity contribution in [3.05, 3.63) is 130 Å². The minimum absolute atomic E-state index is 0.0233. The molecule has 0 radical (unpaired) electrons. The van der Waals surface area contributed by atoms with Crippen molar-refractivity contribution < 1.29 is 18.0 Å². The molecule has 0 heterocycles. The zero-order chi connectivity index (χ0) is 34.3. The van der Waals surface area contributed by atoms with Crippen molar-refractivity contribution in [2.24, 2.45) is 0 Å². The fourth-order valence-corrected chi connectivity index (χ4v) is 7.93. The zero-order valence-electron chi connectivity index (χ0n) is 27.9. The van der Waals surface area contributed by atoms with Crippen molar-refractivity contribution in [1.29, 1.82) is 0 Å². The minimum Gasteiger partial charge on any atom is -0.352 e.